The lowest BCUT2D eigenvalue weighted by Gasteiger charge is -2.38. The molecule has 0 radical (unpaired) electrons. The third-order valence-electron chi connectivity index (χ3n) is 3.51. The molecule has 1 saturated carbocycles. The summed E-state index contributed by atoms with van der Waals surface area (Å²) in [4.78, 5) is 5.94. The largest absolute Gasteiger partial charge is 0.400 e. The van der Waals surface area contributed by atoms with Gasteiger partial charge in [-0.1, -0.05) is 12.8 Å². The summed E-state index contributed by atoms with van der Waals surface area (Å²) in [6.07, 6.45) is 5.05. The van der Waals surface area contributed by atoms with Gasteiger partial charge in [-0.3, -0.25) is 5.21 Å². The smallest absolute Gasteiger partial charge is 0.222 e. The van der Waals surface area contributed by atoms with Gasteiger partial charge >= 0.3 is 0 Å². The second-order valence-corrected chi connectivity index (χ2v) is 4.26. The lowest BCUT2D eigenvalue weighted by Crippen LogP contribution is -2.43. The third-order valence-corrected chi connectivity index (χ3v) is 3.51. The quantitative estimate of drug-likeness (QED) is 0.539. The van der Waals surface area contributed by atoms with Gasteiger partial charge in [-0.05, 0) is 25.7 Å². The van der Waals surface area contributed by atoms with E-state index in [-0.39, 0.29) is 6.10 Å². The minimum Gasteiger partial charge on any atom is -0.400 e. The second kappa shape index (κ2) is 3.20. The molecule has 1 aliphatic heterocycles. The van der Waals surface area contributed by atoms with Crippen molar-refractivity contribution in [3.8, 4) is 0 Å². The van der Waals surface area contributed by atoms with Crippen molar-refractivity contribution in [2.75, 3.05) is 0 Å². The molecule has 0 unspecified atom stereocenters. The van der Waals surface area contributed by atoms with Gasteiger partial charge in [-0.15, -0.1) is 0 Å². The van der Waals surface area contributed by atoms with Crippen LogP contribution in [0.2, 0.25) is 0 Å². The van der Waals surface area contributed by atoms with Crippen LogP contribution in [-0.4, -0.2) is 16.7 Å². The Bertz CT molecular complexity index is 237. The van der Waals surface area contributed by atoms with Crippen molar-refractivity contribution >= 4 is 5.71 Å². The predicted octanol–water partition coefficient (Wildman–Crippen LogP) is 2.10. The monoisotopic (exact) mass is 183 g/mol. The molecule has 1 fully saturated rings. The van der Waals surface area contributed by atoms with Gasteiger partial charge in [0.1, 0.15) is 0 Å². The van der Waals surface area contributed by atoms with Gasteiger partial charge in [-0.2, -0.15) is 0 Å². The first kappa shape index (κ1) is 8.85. The summed E-state index contributed by atoms with van der Waals surface area (Å²) in [6, 6.07) is 0. The molecule has 0 saturated heterocycles. The summed E-state index contributed by atoms with van der Waals surface area (Å²) in [5.41, 5.74) is 0.878. The average molecular weight is 183 g/mol. The molecule has 3 heteroatoms. The van der Waals surface area contributed by atoms with Crippen LogP contribution in [0.5, 0.6) is 0 Å². The van der Waals surface area contributed by atoms with E-state index in [2.05, 4.69) is 0 Å². The summed E-state index contributed by atoms with van der Waals surface area (Å²) in [5, 5.41) is 11.3. The molecule has 1 heterocycles. The van der Waals surface area contributed by atoms with E-state index in [1.54, 1.807) is 0 Å². The number of fused-ring (bicyclic) bond motifs is 1. The van der Waals surface area contributed by atoms with E-state index in [9.17, 15) is 5.21 Å². The van der Waals surface area contributed by atoms with Crippen molar-refractivity contribution in [2.45, 2.75) is 45.6 Å². The summed E-state index contributed by atoms with van der Waals surface area (Å²) in [6.45, 7) is 3.92. The van der Waals surface area contributed by atoms with Gasteiger partial charge in [-0.25, -0.2) is 0 Å². The first-order valence-corrected chi connectivity index (χ1v) is 5.17. The molecule has 0 bridgehead atoms. The molecule has 0 aromatic carbocycles. The molecule has 0 amide bonds. The van der Waals surface area contributed by atoms with Crippen LogP contribution in [-0.2, 0) is 4.84 Å². The fraction of sp³-hybridized carbons (Fsp3) is 0.900. The van der Waals surface area contributed by atoms with E-state index in [4.69, 9.17) is 4.84 Å². The number of nitrogens with zero attached hydrogens (tertiary/aromatic N) is 1. The molecule has 2 rings (SSSR count). The minimum atomic E-state index is 0.103. The maximum atomic E-state index is 11.3. The van der Waals surface area contributed by atoms with Crippen LogP contribution in [0, 0.1) is 17.0 Å². The summed E-state index contributed by atoms with van der Waals surface area (Å²) in [7, 11) is 0. The van der Waals surface area contributed by atoms with Crippen LogP contribution in [0.15, 0.2) is 0 Å². The van der Waals surface area contributed by atoms with Gasteiger partial charge < -0.3 is 4.84 Å². The predicted molar refractivity (Wildman–Crippen MR) is 50.3 cm³/mol. The molecule has 0 aromatic rings. The van der Waals surface area contributed by atoms with Gasteiger partial charge in [0.05, 0.1) is 6.10 Å². The highest BCUT2D eigenvalue weighted by atomic mass is 16.9. The molecule has 13 heavy (non-hydrogen) atoms. The van der Waals surface area contributed by atoms with Crippen LogP contribution in [0.25, 0.3) is 0 Å². The normalized spacial score (nSPS) is 39.7. The van der Waals surface area contributed by atoms with Crippen LogP contribution >= 0.6 is 0 Å². The summed E-state index contributed by atoms with van der Waals surface area (Å²) >= 11 is 0. The van der Waals surface area contributed by atoms with E-state index in [1.165, 1.54) is 25.7 Å². The molecule has 3 atom stereocenters. The molecular formula is C10H17NO2. The highest BCUT2D eigenvalue weighted by Crippen LogP contribution is 2.36. The van der Waals surface area contributed by atoms with E-state index < -0.39 is 0 Å². The summed E-state index contributed by atoms with van der Waals surface area (Å²) < 4.78 is 0. The maximum absolute atomic E-state index is 11.3. The fourth-order valence-corrected chi connectivity index (χ4v) is 2.69. The van der Waals surface area contributed by atoms with Crippen molar-refractivity contribution in [1.29, 1.82) is 0 Å². The molecule has 0 spiro atoms. The first-order valence-electron chi connectivity index (χ1n) is 5.17. The third kappa shape index (κ3) is 1.40. The molecular weight excluding hydrogens is 166 g/mol. The van der Waals surface area contributed by atoms with Crippen LogP contribution in [0.1, 0.15) is 39.5 Å². The maximum Gasteiger partial charge on any atom is 0.222 e. The van der Waals surface area contributed by atoms with Gasteiger partial charge in [0, 0.05) is 17.7 Å². The second-order valence-electron chi connectivity index (χ2n) is 4.26. The van der Waals surface area contributed by atoms with Crippen LogP contribution in [0.3, 0.4) is 0 Å². The topological polar surface area (TPSA) is 35.3 Å². The molecule has 1 aliphatic carbocycles. The molecule has 0 aromatic heterocycles. The lowest BCUT2D eigenvalue weighted by atomic mass is 9.74. The van der Waals surface area contributed by atoms with Gasteiger partial charge in [0.25, 0.3) is 0 Å². The van der Waals surface area contributed by atoms with Gasteiger partial charge in [0.2, 0.25) is 5.71 Å². The standard InChI is InChI=1S/C10H17NO2/c1-7-9-5-3-4-6-10(9)8(2)13-11(7)12/h8-10H,3-6H2,1-2H3/t8-,9-,10-/m1/s1. The van der Waals surface area contributed by atoms with E-state index >= 15 is 0 Å². The van der Waals surface area contributed by atoms with Crippen LogP contribution < -0.4 is 0 Å². The lowest BCUT2D eigenvalue weighted by molar-refractivity contribution is -0.762. The number of hydrogen-bond donors (Lipinski definition) is 0. The van der Waals surface area contributed by atoms with E-state index in [0.29, 0.717) is 11.8 Å². The molecule has 0 N–H and O–H groups in total. The Labute approximate surface area is 78.9 Å². The van der Waals surface area contributed by atoms with Crippen molar-refractivity contribution in [3.05, 3.63) is 5.21 Å². The van der Waals surface area contributed by atoms with E-state index in [1.807, 2.05) is 13.8 Å². The number of rotatable bonds is 0. The SMILES string of the molecule is CC1=[N+]([O-])O[C@H](C)[C@H]2CCCC[C@H]12. The Balaban J connectivity index is 2.24. The van der Waals surface area contributed by atoms with Crippen molar-refractivity contribution < 1.29 is 9.74 Å². The highest BCUT2D eigenvalue weighted by molar-refractivity contribution is 5.80. The molecule has 74 valence electrons. The van der Waals surface area contributed by atoms with Gasteiger partial charge in [0.15, 0.2) is 0 Å². The Morgan fingerprint density at radius 2 is 2.08 bits per heavy atom. The Hall–Kier alpha value is -0.730. The van der Waals surface area contributed by atoms with Crippen molar-refractivity contribution in [3.63, 3.8) is 0 Å². The molecule has 3 nitrogen and oxygen atoms in total. The Morgan fingerprint density at radius 1 is 1.38 bits per heavy atom. The zero-order chi connectivity index (χ0) is 9.42. The first-order chi connectivity index (χ1) is 6.20. The Morgan fingerprint density at radius 3 is 2.85 bits per heavy atom. The molecule has 2 aliphatic rings. The van der Waals surface area contributed by atoms with Crippen LogP contribution in [0.4, 0.5) is 0 Å². The zero-order valence-electron chi connectivity index (χ0n) is 8.32. The van der Waals surface area contributed by atoms with E-state index in [0.717, 1.165) is 10.6 Å². The minimum absolute atomic E-state index is 0.103. The highest BCUT2D eigenvalue weighted by Gasteiger charge is 2.39. The summed E-state index contributed by atoms with van der Waals surface area (Å²) in [5.74, 6) is 1.06. The zero-order valence-corrected chi connectivity index (χ0v) is 8.32. The van der Waals surface area contributed by atoms with Crippen molar-refractivity contribution in [1.82, 2.24) is 0 Å². The fourth-order valence-electron chi connectivity index (χ4n) is 2.69. The van der Waals surface area contributed by atoms with Crippen molar-refractivity contribution in [2.24, 2.45) is 11.8 Å². The Kier molecular flexibility index (Phi) is 2.18. The average Bonchev–Trinajstić information content (AvgIpc) is 2.15. The number of hydrogen-bond acceptors (Lipinski definition) is 2.